The fourth-order valence-corrected chi connectivity index (χ4v) is 10.8. The number of anilines is 3. The van der Waals surface area contributed by atoms with Gasteiger partial charge >= 0.3 is 0 Å². The summed E-state index contributed by atoms with van der Waals surface area (Å²) in [7, 11) is 0. The highest BCUT2D eigenvalue weighted by Gasteiger charge is 2.35. The van der Waals surface area contributed by atoms with E-state index in [0.717, 1.165) is 17.1 Å². The Labute approximate surface area is 381 Å². The lowest BCUT2D eigenvalue weighted by molar-refractivity contribution is 0.660. The van der Waals surface area contributed by atoms with Crippen molar-refractivity contribution < 1.29 is 0 Å². The van der Waals surface area contributed by atoms with Crippen molar-refractivity contribution in [2.45, 2.75) is 33.1 Å². The molecule has 0 N–H and O–H groups in total. The van der Waals surface area contributed by atoms with Crippen molar-refractivity contribution in [3.8, 4) is 50.2 Å². The Morgan fingerprint density at radius 1 is 0.354 bits per heavy atom. The average Bonchev–Trinajstić information content (AvgIpc) is 3.80. The SMILES string of the molecule is Cc1cc(-c2ccc3c(c2)c2ccccc2n3-c2ccccc2)ccc1-c1ccc(N(c2ccc(-c3cccc4ccccc34)cc2)c2ccc3c(c2)C(C)(C)c2ccccc2-3)cc1C. The number of nitrogens with zero attached hydrogens (tertiary/aromatic N) is 2. The molecule has 1 aliphatic rings. The molecule has 0 bridgehead atoms. The van der Waals surface area contributed by atoms with Crippen LogP contribution in [0.2, 0.25) is 0 Å². The summed E-state index contributed by atoms with van der Waals surface area (Å²) in [5.41, 5.74) is 22.2. The van der Waals surface area contributed by atoms with Crippen LogP contribution in [0.3, 0.4) is 0 Å². The number of hydrogen-bond acceptors (Lipinski definition) is 1. The van der Waals surface area contributed by atoms with Crippen molar-refractivity contribution in [1.29, 1.82) is 0 Å². The van der Waals surface area contributed by atoms with E-state index in [4.69, 9.17) is 0 Å². The van der Waals surface area contributed by atoms with Crippen LogP contribution in [0.15, 0.2) is 218 Å². The van der Waals surface area contributed by atoms with Gasteiger partial charge in [0.25, 0.3) is 0 Å². The molecule has 0 aliphatic heterocycles. The van der Waals surface area contributed by atoms with Gasteiger partial charge in [-0.15, -0.1) is 0 Å². The molecule has 1 aromatic heterocycles. The van der Waals surface area contributed by atoms with Crippen LogP contribution in [0.4, 0.5) is 17.1 Å². The third kappa shape index (κ3) is 6.32. The average molecular weight is 833 g/mol. The van der Waals surface area contributed by atoms with Crippen molar-refractivity contribution in [1.82, 2.24) is 4.57 Å². The molecule has 0 amide bonds. The molecular weight excluding hydrogens is 785 g/mol. The molecule has 0 atom stereocenters. The van der Waals surface area contributed by atoms with E-state index in [9.17, 15) is 0 Å². The van der Waals surface area contributed by atoms with Gasteiger partial charge in [0.15, 0.2) is 0 Å². The van der Waals surface area contributed by atoms with Crippen LogP contribution in [0.25, 0.3) is 82.8 Å². The Bertz CT molecular complexity index is 3640. The first-order valence-corrected chi connectivity index (χ1v) is 22.8. The van der Waals surface area contributed by atoms with Crippen molar-refractivity contribution in [2.24, 2.45) is 0 Å². The van der Waals surface area contributed by atoms with Crippen molar-refractivity contribution in [2.75, 3.05) is 4.90 Å². The molecule has 310 valence electrons. The molecule has 0 spiro atoms. The molecule has 2 nitrogen and oxygen atoms in total. The predicted molar refractivity (Wildman–Crippen MR) is 276 cm³/mol. The number of para-hydroxylation sites is 2. The molecule has 0 saturated heterocycles. The maximum absolute atomic E-state index is 2.43. The summed E-state index contributed by atoms with van der Waals surface area (Å²) in [5.74, 6) is 0. The third-order valence-electron chi connectivity index (χ3n) is 14.1. The summed E-state index contributed by atoms with van der Waals surface area (Å²) in [6.07, 6.45) is 0. The van der Waals surface area contributed by atoms with Crippen LogP contribution in [0.5, 0.6) is 0 Å². The molecule has 12 rings (SSSR count). The van der Waals surface area contributed by atoms with Crippen LogP contribution in [0.1, 0.15) is 36.1 Å². The van der Waals surface area contributed by atoms with Crippen LogP contribution in [-0.4, -0.2) is 4.57 Å². The van der Waals surface area contributed by atoms with Crippen LogP contribution >= 0.6 is 0 Å². The second-order valence-corrected chi connectivity index (χ2v) is 18.3. The summed E-state index contributed by atoms with van der Waals surface area (Å²) in [6, 6.07) is 80.6. The zero-order chi connectivity index (χ0) is 43.8. The first kappa shape index (κ1) is 38.7. The Balaban J connectivity index is 0.922. The van der Waals surface area contributed by atoms with Gasteiger partial charge in [-0.05, 0) is 158 Å². The van der Waals surface area contributed by atoms with Gasteiger partial charge in [-0.25, -0.2) is 0 Å². The van der Waals surface area contributed by atoms with Crippen molar-refractivity contribution in [3.63, 3.8) is 0 Å². The number of aromatic nitrogens is 1. The highest BCUT2D eigenvalue weighted by Crippen LogP contribution is 2.51. The minimum absolute atomic E-state index is 0.109. The maximum Gasteiger partial charge on any atom is 0.0541 e. The molecule has 11 aromatic rings. The zero-order valence-electron chi connectivity index (χ0n) is 37.2. The second kappa shape index (κ2) is 15.1. The molecule has 2 heteroatoms. The lowest BCUT2D eigenvalue weighted by Gasteiger charge is -2.29. The van der Waals surface area contributed by atoms with Crippen molar-refractivity contribution >= 4 is 49.6 Å². The van der Waals surface area contributed by atoms with Gasteiger partial charge in [0.1, 0.15) is 0 Å². The summed E-state index contributed by atoms with van der Waals surface area (Å²) < 4.78 is 2.38. The topological polar surface area (TPSA) is 8.17 Å². The number of benzene rings is 10. The molecule has 0 unspecified atom stereocenters. The molecular formula is C63H48N2. The first-order valence-electron chi connectivity index (χ1n) is 22.8. The largest absolute Gasteiger partial charge is 0.310 e. The van der Waals surface area contributed by atoms with Gasteiger partial charge in [0.2, 0.25) is 0 Å². The van der Waals surface area contributed by atoms with Gasteiger partial charge in [-0.2, -0.15) is 0 Å². The van der Waals surface area contributed by atoms with Crippen LogP contribution in [-0.2, 0) is 5.41 Å². The van der Waals surface area contributed by atoms with Gasteiger partial charge in [0.05, 0.1) is 11.0 Å². The molecule has 0 saturated carbocycles. The van der Waals surface area contributed by atoms with Gasteiger partial charge in [-0.3, -0.25) is 0 Å². The molecule has 65 heavy (non-hydrogen) atoms. The Kier molecular flexibility index (Phi) is 9.00. The van der Waals surface area contributed by atoms with Crippen molar-refractivity contribution in [3.05, 3.63) is 241 Å². The Hall–Kier alpha value is -7.94. The minimum Gasteiger partial charge on any atom is -0.310 e. The monoisotopic (exact) mass is 832 g/mol. The number of hydrogen-bond donors (Lipinski definition) is 0. The molecule has 1 heterocycles. The standard InChI is InChI=1S/C63H48N2/c1-41-37-45(46-28-36-62-58(39-46)57-21-11-13-24-61(57)65(62)47-17-6-5-7-18-47)27-33-51(41)52-34-31-49(38-42(52)2)64(50-32-35-56-55-20-10-12-23-59(55)63(3,4)60(56)40-50)48-29-25-44(26-30-48)54-22-14-16-43-15-8-9-19-53(43)54/h5-40H,1-4H3. The first-order chi connectivity index (χ1) is 31.8. The van der Waals surface area contributed by atoms with E-state index in [1.54, 1.807) is 0 Å². The Morgan fingerprint density at radius 2 is 0.908 bits per heavy atom. The van der Waals surface area contributed by atoms with E-state index in [1.165, 1.54) is 105 Å². The summed E-state index contributed by atoms with van der Waals surface area (Å²) in [5, 5.41) is 5.05. The summed E-state index contributed by atoms with van der Waals surface area (Å²) >= 11 is 0. The van der Waals surface area contributed by atoms with Gasteiger partial charge in [0, 0.05) is 38.9 Å². The van der Waals surface area contributed by atoms with E-state index in [1.807, 2.05) is 0 Å². The highest BCUT2D eigenvalue weighted by molar-refractivity contribution is 6.10. The van der Waals surface area contributed by atoms with E-state index < -0.39 is 0 Å². The fraction of sp³-hybridized carbons (Fsp3) is 0.0794. The summed E-state index contributed by atoms with van der Waals surface area (Å²) in [6.45, 7) is 9.23. The van der Waals surface area contributed by atoms with Gasteiger partial charge in [-0.1, -0.05) is 166 Å². The normalized spacial score (nSPS) is 12.7. The number of rotatable bonds is 7. The predicted octanol–water partition coefficient (Wildman–Crippen LogP) is 17.3. The molecule has 1 aliphatic carbocycles. The lowest BCUT2D eigenvalue weighted by Crippen LogP contribution is -2.16. The molecule has 10 aromatic carbocycles. The zero-order valence-corrected chi connectivity index (χ0v) is 37.2. The smallest absolute Gasteiger partial charge is 0.0541 e. The highest BCUT2D eigenvalue weighted by atomic mass is 15.1. The minimum atomic E-state index is -0.109. The van der Waals surface area contributed by atoms with Gasteiger partial charge < -0.3 is 9.47 Å². The van der Waals surface area contributed by atoms with E-state index >= 15 is 0 Å². The van der Waals surface area contributed by atoms with E-state index in [0.29, 0.717) is 0 Å². The number of aryl methyl sites for hydroxylation is 2. The van der Waals surface area contributed by atoms with Crippen LogP contribution in [0, 0.1) is 13.8 Å². The quantitative estimate of drug-likeness (QED) is 0.155. The second-order valence-electron chi connectivity index (χ2n) is 18.3. The third-order valence-corrected chi connectivity index (χ3v) is 14.1. The van der Waals surface area contributed by atoms with Crippen LogP contribution < -0.4 is 4.90 Å². The summed E-state index contributed by atoms with van der Waals surface area (Å²) in [4.78, 5) is 2.43. The van der Waals surface area contributed by atoms with E-state index in [-0.39, 0.29) is 5.41 Å². The molecule has 0 fully saturated rings. The fourth-order valence-electron chi connectivity index (χ4n) is 10.8. The Morgan fingerprint density at radius 3 is 1.71 bits per heavy atom. The maximum atomic E-state index is 2.43. The van der Waals surface area contributed by atoms with E-state index in [2.05, 4.69) is 256 Å². The number of fused-ring (bicyclic) bond motifs is 7. The molecule has 0 radical (unpaired) electrons. The lowest BCUT2D eigenvalue weighted by atomic mass is 9.82.